The molecule has 48 heavy (non-hydrogen) atoms. The van der Waals surface area contributed by atoms with Gasteiger partial charge in [0.15, 0.2) is 17.0 Å². The van der Waals surface area contributed by atoms with Crippen molar-refractivity contribution in [3.05, 3.63) is 63.8 Å². The molecule has 3 fully saturated rings. The van der Waals surface area contributed by atoms with E-state index < -0.39 is 51.5 Å². The summed E-state index contributed by atoms with van der Waals surface area (Å²) in [6.07, 6.45) is 7.86. The van der Waals surface area contributed by atoms with Crippen LogP contribution < -0.4 is 9.47 Å². The van der Waals surface area contributed by atoms with Crippen LogP contribution in [0.15, 0.2) is 47.1 Å². The number of carboxylic acid groups (broad SMARTS) is 1. The van der Waals surface area contributed by atoms with Crippen molar-refractivity contribution in [1.82, 2.24) is 0 Å². The smallest absolute Gasteiger partial charge is 0.330 e. The van der Waals surface area contributed by atoms with E-state index in [2.05, 4.69) is 13.5 Å². The van der Waals surface area contributed by atoms with Crippen molar-refractivity contribution in [2.24, 2.45) is 11.8 Å². The van der Waals surface area contributed by atoms with E-state index >= 15 is 4.79 Å². The number of aliphatic carboxylic acids is 1. The van der Waals surface area contributed by atoms with E-state index in [0.29, 0.717) is 29.7 Å². The van der Waals surface area contributed by atoms with Gasteiger partial charge in [-0.15, -0.1) is 0 Å². The number of fused-ring (bicyclic) bond motifs is 5. The van der Waals surface area contributed by atoms with Crippen LogP contribution in [0.3, 0.4) is 0 Å². The lowest BCUT2D eigenvalue weighted by atomic mass is 9.49. The highest BCUT2D eigenvalue weighted by molar-refractivity contribution is 6.20. The number of carbonyl (C=O) groups is 3. The molecule has 4 aliphatic carbocycles. The summed E-state index contributed by atoms with van der Waals surface area (Å²) >= 11 is 0. The number of rotatable bonds is 7. The van der Waals surface area contributed by atoms with E-state index in [1.165, 1.54) is 20.1 Å². The third-order valence-electron chi connectivity index (χ3n) is 12.2. The maximum absolute atomic E-state index is 15.2. The molecule has 1 aromatic rings. The molecule has 1 saturated heterocycles. The Morgan fingerprint density at radius 3 is 2.42 bits per heavy atom. The molecule has 1 spiro atoms. The molecule has 0 aromatic heterocycles. The van der Waals surface area contributed by atoms with Gasteiger partial charge in [0.05, 0.1) is 5.60 Å². The number of phenolic OH excluding ortho intramolecular Hbond substituents is 1. The molecule has 3 aliphatic heterocycles. The molecule has 1 aromatic carbocycles. The molecule has 7 aliphatic rings. The zero-order valence-corrected chi connectivity index (χ0v) is 29.2. The largest absolute Gasteiger partial charge is 0.507 e. The van der Waals surface area contributed by atoms with E-state index in [9.17, 15) is 19.8 Å². The summed E-state index contributed by atoms with van der Waals surface area (Å²) in [5.41, 5.74) is -2.72. The van der Waals surface area contributed by atoms with Crippen molar-refractivity contribution in [2.45, 2.75) is 121 Å². The van der Waals surface area contributed by atoms with E-state index in [4.69, 9.17) is 18.9 Å². The molecule has 7 atom stereocenters. The summed E-state index contributed by atoms with van der Waals surface area (Å²) in [4.78, 5) is 41.8. The van der Waals surface area contributed by atoms with Gasteiger partial charge in [-0.25, -0.2) is 4.79 Å². The highest BCUT2D eigenvalue weighted by atomic mass is 16.6. The first-order valence-corrected chi connectivity index (χ1v) is 17.0. The molecule has 9 heteroatoms. The predicted molar refractivity (Wildman–Crippen MR) is 178 cm³/mol. The molecule has 0 radical (unpaired) electrons. The Bertz CT molecular complexity index is 1810. The van der Waals surface area contributed by atoms with Crippen LogP contribution in [0.4, 0.5) is 0 Å². The average Bonchev–Trinajstić information content (AvgIpc) is 3.16. The van der Waals surface area contributed by atoms with Gasteiger partial charge in [-0.05, 0) is 92.6 Å². The van der Waals surface area contributed by atoms with Crippen LogP contribution in [0, 0.1) is 11.8 Å². The van der Waals surface area contributed by atoms with Crippen molar-refractivity contribution in [2.75, 3.05) is 7.11 Å². The van der Waals surface area contributed by atoms with Gasteiger partial charge in [-0.1, -0.05) is 29.9 Å². The minimum Gasteiger partial charge on any atom is -0.507 e. The normalized spacial score (nSPS) is 36.6. The van der Waals surface area contributed by atoms with Gasteiger partial charge >= 0.3 is 5.97 Å². The Balaban J connectivity index is 1.55. The number of hydrogen-bond donors (Lipinski definition) is 2. The van der Waals surface area contributed by atoms with Gasteiger partial charge in [0.2, 0.25) is 5.78 Å². The number of hydrogen-bond acceptors (Lipinski definition) is 8. The summed E-state index contributed by atoms with van der Waals surface area (Å²) in [7, 11) is 1.44. The van der Waals surface area contributed by atoms with Crippen molar-refractivity contribution >= 4 is 17.5 Å². The summed E-state index contributed by atoms with van der Waals surface area (Å²) in [5.74, 6) is -1.97. The Morgan fingerprint density at radius 2 is 1.79 bits per heavy atom. The molecule has 3 heterocycles. The molecular weight excluding hydrogens is 612 g/mol. The van der Waals surface area contributed by atoms with Gasteiger partial charge < -0.3 is 29.2 Å². The zero-order valence-electron chi connectivity index (χ0n) is 29.2. The van der Waals surface area contributed by atoms with Gasteiger partial charge in [0.1, 0.15) is 34.0 Å². The number of phenols is 1. The lowest BCUT2D eigenvalue weighted by Gasteiger charge is -2.59. The third-order valence-corrected chi connectivity index (χ3v) is 12.2. The third kappa shape index (κ3) is 4.00. The Labute approximate surface area is 281 Å². The number of methoxy groups -OCH3 is 1. The molecule has 8 rings (SSSR count). The fourth-order valence-corrected chi connectivity index (χ4v) is 9.87. The van der Waals surface area contributed by atoms with Crippen LogP contribution in [0.25, 0.3) is 0 Å². The number of carbonyl (C=O) groups excluding carboxylic acids is 2. The Hall–Kier alpha value is -3.69. The average molecular weight is 659 g/mol. The molecular formula is C39H46O9. The summed E-state index contributed by atoms with van der Waals surface area (Å²) in [5, 5.41) is 22.0. The lowest BCUT2D eigenvalue weighted by molar-refractivity contribution is -0.190. The minimum atomic E-state index is -1.78. The zero-order chi connectivity index (χ0) is 34.9. The monoisotopic (exact) mass is 658 g/mol. The summed E-state index contributed by atoms with van der Waals surface area (Å²) in [6, 6.07) is 0. The molecule has 256 valence electrons. The highest BCUT2D eigenvalue weighted by Gasteiger charge is 2.84. The predicted octanol–water partition coefficient (Wildman–Crippen LogP) is 6.71. The second-order valence-corrected chi connectivity index (χ2v) is 15.9. The molecule has 0 amide bonds. The van der Waals surface area contributed by atoms with Crippen LogP contribution >= 0.6 is 0 Å². The topological polar surface area (TPSA) is 129 Å². The molecule has 9 nitrogen and oxygen atoms in total. The van der Waals surface area contributed by atoms with Gasteiger partial charge in [-0.3, -0.25) is 9.59 Å². The number of carboxylic acids is 1. The number of ether oxygens (including phenoxy) is 4. The quantitative estimate of drug-likeness (QED) is 0.243. The van der Waals surface area contributed by atoms with E-state index in [0.717, 1.165) is 24.0 Å². The summed E-state index contributed by atoms with van der Waals surface area (Å²) in [6.45, 7) is 17.6. The number of ketones is 2. The first kappa shape index (κ1) is 32.8. The van der Waals surface area contributed by atoms with Crippen molar-refractivity contribution in [3.63, 3.8) is 0 Å². The van der Waals surface area contributed by atoms with Crippen molar-refractivity contribution in [1.29, 1.82) is 0 Å². The van der Waals surface area contributed by atoms with Crippen LogP contribution in [0.1, 0.15) is 108 Å². The lowest BCUT2D eigenvalue weighted by Crippen LogP contribution is -2.77. The number of Topliss-reactive ketones (excluding diaryl/α,β-unsaturated/α-hetero) is 2. The number of allylic oxidation sites excluding steroid dienone is 3. The van der Waals surface area contributed by atoms with E-state index in [-0.39, 0.29) is 52.9 Å². The number of benzene rings is 1. The van der Waals surface area contributed by atoms with Crippen LogP contribution in [-0.2, 0) is 25.5 Å². The molecule has 2 N–H and O–H groups in total. The van der Waals surface area contributed by atoms with Gasteiger partial charge in [0, 0.05) is 47.6 Å². The van der Waals surface area contributed by atoms with E-state index in [1.807, 2.05) is 40.7 Å². The SMILES string of the molecule is C=C(C)C1CCC2(C)CC1c1c(O)c3c(c(CC=C(C)C)c1O2)O[C@]12C(=C[C@]4(OC)C[C@H]1C(C)(C)O[C@@]2(C/C=C(/C)C(=O)O)C4=O)C3=O. The van der Waals surface area contributed by atoms with Crippen LogP contribution in [-0.4, -0.2) is 62.9 Å². The van der Waals surface area contributed by atoms with Gasteiger partial charge in [-0.2, -0.15) is 0 Å². The maximum atomic E-state index is 15.2. The fourth-order valence-electron chi connectivity index (χ4n) is 9.87. The standard InChI is InChI=1S/C39H46O9/c1-19(2)10-11-23-31-27(24-16-36(8,46-31)14-13-22(24)20(3)4)30(41)28-29(40)25-17-37(45-9)18-26-35(6,7)48-38(34(37)44,15-12-21(5)33(42)43)39(25,26)47-32(23)28/h10,12,17,22,24,26,41H,3,11,13-16,18H2,1-2,4-9H3,(H,42,43)/b21-12-/t22?,24?,26-,36?,37-,38-,39+/m0/s1. The van der Waals surface area contributed by atoms with Crippen LogP contribution in [0.2, 0.25) is 0 Å². The van der Waals surface area contributed by atoms with Crippen LogP contribution in [0.5, 0.6) is 17.2 Å². The first-order valence-electron chi connectivity index (χ1n) is 17.0. The summed E-state index contributed by atoms with van der Waals surface area (Å²) < 4.78 is 26.9. The highest BCUT2D eigenvalue weighted by Crippen LogP contribution is 2.70. The van der Waals surface area contributed by atoms with Gasteiger partial charge in [0.25, 0.3) is 0 Å². The molecule has 6 bridgehead atoms. The second-order valence-electron chi connectivity index (χ2n) is 15.9. The Kier molecular flexibility index (Phi) is 6.96. The maximum Gasteiger partial charge on any atom is 0.330 e. The first-order chi connectivity index (χ1) is 22.4. The molecule has 2 saturated carbocycles. The van der Waals surface area contributed by atoms with Crippen molar-refractivity contribution < 1.29 is 43.5 Å². The molecule has 3 unspecified atom stereocenters. The van der Waals surface area contributed by atoms with Crippen molar-refractivity contribution in [3.8, 4) is 17.2 Å². The second kappa shape index (κ2) is 10.2. The van der Waals surface area contributed by atoms with E-state index in [1.54, 1.807) is 6.08 Å². The fraction of sp³-hybridized carbons (Fsp3) is 0.564. The minimum absolute atomic E-state index is 0.0376. The Morgan fingerprint density at radius 1 is 1.08 bits per heavy atom. The number of aromatic hydroxyl groups is 1.